The molecule has 2 aromatic carbocycles. The quantitative estimate of drug-likeness (QED) is 0.412. The van der Waals surface area contributed by atoms with Crippen molar-refractivity contribution in [3.05, 3.63) is 86.8 Å². The lowest BCUT2D eigenvalue weighted by atomic mass is 10.1. The molecule has 3 aromatic rings. The van der Waals surface area contributed by atoms with Gasteiger partial charge in [0, 0.05) is 15.4 Å². The SMILES string of the molecule is O=C(/C=C/c1ccc(OCc2cscn2)cc1)c1ccc(Br)cc1. The van der Waals surface area contributed by atoms with E-state index in [1.165, 1.54) is 0 Å². The third-order valence-electron chi connectivity index (χ3n) is 3.31. The van der Waals surface area contributed by atoms with Gasteiger partial charge in [-0.15, -0.1) is 11.3 Å². The maximum atomic E-state index is 12.1. The second kappa shape index (κ2) is 8.04. The van der Waals surface area contributed by atoms with Crippen LogP contribution in [-0.4, -0.2) is 10.8 Å². The maximum absolute atomic E-state index is 12.1. The topological polar surface area (TPSA) is 39.2 Å². The van der Waals surface area contributed by atoms with Crippen LogP contribution in [0.25, 0.3) is 6.08 Å². The van der Waals surface area contributed by atoms with Gasteiger partial charge in [0.15, 0.2) is 5.78 Å². The number of rotatable bonds is 6. The number of ketones is 1. The van der Waals surface area contributed by atoms with E-state index >= 15 is 0 Å². The van der Waals surface area contributed by atoms with Gasteiger partial charge >= 0.3 is 0 Å². The van der Waals surface area contributed by atoms with Crippen LogP contribution in [0.5, 0.6) is 5.75 Å². The van der Waals surface area contributed by atoms with E-state index in [0.29, 0.717) is 12.2 Å². The van der Waals surface area contributed by atoms with Crippen molar-refractivity contribution in [2.45, 2.75) is 6.61 Å². The fourth-order valence-corrected chi connectivity index (χ4v) is 2.83. The van der Waals surface area contributed by atoms with Gasteiger partial charge in [0.2, 0.25) is 0 Å². The van der Waals surface area contributed by atoms with Gasteiger partial charge < -0.3 is 4.74 Å². The number of benzene rings is 2. The molecule has 120 valence electrons. The van der Waals surface area contributed by atoms with E-state index in [4.69, 9.17) is 4.74 Å². The molecule has 1 aromatic heterocycles. The van der Waals surface area contributed by atoms with Crippen molar-refractivity contribution in [3.63, 3.8) is 0 Å². The number of aromatic nitrogens is 1. The summed E-state index contributed by atoms with van der Waals surface area (Å²) in [6.45, 7) is 0.459. The Balaban J connectivity index is 1.59. The standard InChI is InChI=1S/C19H14BrNO2S/c20-16-6-4-15(5-7-16)19(22)10-3-14-1-8-18(9-2-14)23-11-17-12-24-13-21-17/h1-10,12-13H,11H2/b10-3+. The van der Waals surface area contributed by atoms with E-state index in [-0.39, 0.29) is 5.78 Å². The Morgan fingerprint density at radius 3 is 2.54 bits per heavy atom. The van der Waals surface area contributed by atoms with E-state index in [1.807, 2.05) is 41.8 Å². The highest BCUT2D eigenvalue weighted by Gasteiger charge is 2.01. The minimum atomic E-state index is -0.0219. The predicted octanol–water partition coefficient (Wildman–Crippen LogP) is 5.38. The van der Waals surface area contributed by atoms with Crippen molar-refractivity contribution < 1.29 is 9.53 Å². The van der Waals surface area contributed by atoms with Gasteiger partial charge in [0.1, 0.15) is 12.4 Å². The van der Waals surface area contributed by atoms with Gasteiger partial charge in [-0.2, -0.15) is 0 Å². The Morgan fingerprint density at radius 1 is 1.12 bits per heavy atom. The summed E-state index contributed by atoms with van der Waals surface area (Å²) in [6.07, 6.45) is 3.38. The summed E-state index contributed by atoms with van der Waals surface area (Å²) >= 11 is 4.91. The van der Waals surface area contributed by atoms with E-state index < -0.39 is 0 Å². The first kappa shape index (κ1) is 16.6. The smallest absolute Gasteiger partial charge is 0.185 e. The molecule has 3 nitrogen and oxygen atoms in total. The Kier molecular flexibility index (Phi) is 5.56. The zero-order chi connectivity index (χ0) is 16.8. The van der Waals surface area contributed by atoms with Crippen molar-refractivity contribution in [2.75, 3.05) is 0 Å². The fraction of sp³-hybridized carbons (Fsp3) is 0.0526. The first-order chi connectivity index (χ1) is 11.7. The molecule has 0 amide bonds. The average Bonchev–Trinajstić information content (AvgIpc) is 3.13. The molecule has 0 atom stereocenters. The summed E-state index contributed by atoms with van der Waals surface area (Å²) in [5, 5.41) is 1.96. The second-order valence-electron chi connectivity index (χ2n) is 5.04. The Morgan fingerprint density at radius 2 is 1.88 bits per heavy atom. The Hall–Kier alpha value is -2.24. The molecule has 0 unspecified atom stereocenters. The number of carbonyl (C=O) groups excluding carboxylic acids is 1. The third kappa shape index (κ3) is 4.63. The average molecular weight is 400 g/mol. The molecule has 5 heteroatoms. The normalized spacial score (nSPS) is 10.9. The van der Waals surface area contributed by atoms with E-state index in [0.717, 1.165) is 21.5 Å². The molecule has 0 saturated heterocycles. The predicted molar refractivity (Wildman–Crippen MR) is 100 cm³/mol. The highest BCUT2D eigenvalue weighted by atomic mass is 79.9. The van der Waals surface area contributed by atoms with E-state index in [1.54, 1.807) is 41.1 Å². The molecule has 24 heavy (non-hydrogen) atoms. The minimum Gasteiger partial charge on any atom is -0.487 e. The number of halogens is 1. The van der Waals surface area contributed by atoms with Crippen LogP contribution in [-0.2, 0) is 6.61 Å². The number of thiazole rings is 1. The minimum absolute atomic E-state index is 0.0219. The van der Waals surface area contributed by atoms with Crippen molar-refractivity contribution in [1.29, 1.82) is 0 Å². The molecule has 0 bridgehead atoms. The van der Waals surface area contributed by atoms with Crippen LogP contribution in [0.1, 0.15) is 21.6 Å². The lowest BCUT2D eigenvalue weighted by Gasteiger charge is -2.04. The Labute approximate surface area is 152 Å². The van der Waals surface area contributed by atoms with Crippen LogP contribution in [0.15, 0.2) is 70.0 Å². The summed E-state index contributed by atoms with van der Waals surface area (Å²) in [4.78, 5) is 16.3. The van der Waals surface area contributed by atoms with E-state index in [2.05, 4.69) is 20.9 Å². The maximum Gasteiger partial charge on any atom is 0.185 e. The molecule has 0 spiro atoms. The zero-order valence-corrected chi connectivity index (χ0v) is 15.1. The molecule has 0 aliphatic heterocycles. The highest BCUT2D eigenvalue weighted by Crippen LogP contribution is 2.16. The van der Waals surface area contributed by atoms with E-state index in [9.17, 15) is 4.79 Å². The molecular formula is C19H14BrNO2S. The lowest BCUT2D eigenvalue weighted by molar-refractivity contribution is 0.104. The molecule has 0 fully saturated rings. The van der Waals surface area contributed by atoms with Crippen LogP contribution in [0.3, 0.4) is 0 Å². The summed E-state index contributed by atoms with van der Waals surface area (Å²) in [6, 6.07) is 14.9. The molecule has 0 aliphatic rings. The number of hydrogen-bond donors (Lipinski definition) is 0. The molecule has 3 rings (SSSR count). The van der Waals surface area contributed by atoms with Gasteiger partial charge in [-0.25, -0.2) is 4.98 Å². The number of carbonyl (C=O) groups is 1. The van der Waals surface area contributed by atoms with Gasteiger partial charge in [0.05, 0.1) is 11.2 Å². The van der Waals surface area contributed by atoms with Crippen molar-refractivity contribution in [3.8, 4) is 5.75 Å². The first-order valence-electron chi connectivity index (χ1n) is 7.28. The summed E-state index contributed by atoms with van der Waals surface area (Å²) in [5.41, 5.74) is 4.32. The Bertz CT molecular complexity index is 825. The van der Waals surface area contributed by atoms with Gasteiger partial charge in [0.25, 0.3) is 0 Å². The number of ether oxygens (including phenoxy) is 1. The fourth-order valence-electron chi connectivity index (χ4n) is 2.02. The second-order valence-corrected chi connectivity index (χ2v) is 6.68. The molecular weight excluding hydrogens is 386 g/mol. The summed E-state index contributed by atoms with van der Waals surface area (Å²) in [5.74, 6) is 0.755. The zero-order valence-electron chi connectivity index (χ0n) is 12.7. The molecule has 0 saturated carbocycles. The number of allylic oxidation sites excluding steroid dienone is 1. The first-order valence-corrected chi connectivity index (χ1v) is 9.02. The number of hydrogen-bond acceptors (Lipinski definition) is 4. The van der Waals surface area contributed by atoms with Crippen LogP contribution < -0.4 is 4.74 Å². The molecule has 0 radical (unpaired) electrons. The third-order valence-corrected chi connectivity index (χ3v) is 4.47. The van der Waals surface area contributed by atoms with Crippen LogP contribution >= 0.6 is 27.3 Å². The number of nitrogens with zero attached hydrogens (tertiary/aromatic N) is 1. The van der Waals surface area contributed by atoms with Gasteiger partial charge in [-0.1, -0.05) is 34.1 Å². The van der Waals surface area contributed by atoms with Crippen LogP contribution in [0, 0.1) is 0 Å². The lowest BCUT2D eigenvalue weighted by Crippen LogP contribution is -1.95. The van der Waals surface area contributed by atoms with Crippen molar-refractivity contribution in [2.24, 2.45) is 0 Å². The summed E-state index contributed by atoms with van der Waals surface area (Å²) < 4.78 is 6.62. The van der Waals surface area contributed by atoms with Crippen LogP contribution in [0.4, 0.5) is 0 Å². The molecule has 1 heterocycles. The monoisotopic (exact) mass is 399 g/mol. The van der Waals surface area contributed by atoms with Gasteiger partial charge in [-0.3, -0.25) is 4.79 Å². The highest BCUT2D eigenvalue weighted by molar-refractivity contribution is 9.10. The summed E-state index contributed by atoms with van der Waals surface area (Å²) in [7, 11) is 0. The van der Waals surface area contributed by atoms with Crippen LogP contribution in [0.2, 0.25) is 0 Å². The van der Waals surface area contributed by atoms with Crippen molar-refractivity contribution >= 4 is 39.1 Å². The van der Waals surface area contributed by atoms with Gasteiger partial charge in [-0.05, 0) is 48.0 Å². The molecule has 0 N–H and O–H groups in total. The largest absolute Gasteiger partial charge is 0.487 e. The molecule has 0 aliphatic carbocycles. The van der Waals surface area contributed by atoms with Crippen molar-refractivity contribution in [1.82, 2.24) is 4.98 Å².